The molecule has 0 aliphatic rings. The molecule has 2 N–H and O–H groups in total. The molecular weight excluding hydrogens is 463 g/mol. The van der Waals surface area contributed by atoms with Crippen LogP contribution in [0.25, 0.3) is 10.2 Å². The molecule has 3 aromatic carbocycles. The molecule has 0 aliphatic carbocycles. The van der Waals surface area contributed by atoms with Gasteiger partial charge in [-0.1, -0.05) is 23.5 Å². The zero-order valence-corrected chi connectivity index (χ0v) is 19.3. The molecule has 9 heteroatoms. The van der Waals surface area contributed by atoms with Crippen LogP contribution in [-0.4, -0.2) is 25.2 Å². The van der Waals surface area contributed by atoms with E-state index in [1.54, 1.807) is 6.07 Å². The summed E-state index contributed by atoms with van der Waals surface area (Å²) < 4.78 is 50.5. The smallest absolute Gasteiger partial charge is 0.416 e. The summed E-state index contributed by atoms with van der Waals surface area (Å²) in [7, 11) is 1.98. The number of rotatable bonds is 9. The molecule has 1 heterocycles. The third-order valence-electron chi connectivity index (χ3n) is 5.05. The summed E-state index contributed by atoms with van der Waals surface area (Å²) in [5.74, 6) is 1.69. The molecule has 4 aromatic rings. The second-order valence-electron chi connectivity index (χ2n) is 7.74. The van der Waals surface area contributed by atoms with Gasteiger partial charge in [0.2, 0.25) is 0 Å². The Labute approximate surface area is 199 Å². The van der Waals surface area contributed by atoms with Crippen LogP contribution in [0.5, 0.6) is 17.2 Å². The average molecular weight is 488 g/mol. The summed E-state index contributed by atoms with van der Waals surface area (Å²) in [6.45, 7) is 1.89. The van der Waals surface area contributed by atoms with Crippen molar-refractivity contribution in [3.05, 3.63) is 77.9 Å². The van der Waals surface area contributed by atoms with Gasteiger partial charge in [-0.05, 0) is 67.1 Å². The van der Waals surface area contributed by atoms with Gasteiger partial charge in [0, 0.05) is 19.7 Å². The predicted molar refractivity (Wildman–Crippen MR) is 129 cm³/mol. The largest absolute Gasteiger partial charge is 0.494 e. The number of benzene rings is 3. The maximum absolute atomic E-state index is 12.7. The van der Waals surface area contributed by atoms with Crippen molar-refractivity contribution in [2.24, 2.45) is 5.73 Å². The number of fused-ring (bicyclic) bond motifs is 1. The molecule has 0 atom stereocenters. The quantitative estimate of drug-likeness (QED) is 0.274. The summed E-state index contributed by atoms with van der Waals surface area (Å²) >= 11 is 1.52. The van der Waals surface area contributed by atoms with Crippen molar-refractivity contribution in [2.75, 3.05) is 25.1 Å². The number of hydrogen-bond donors (Lipinski definition) is 1. The van der Waals surface area contributed by atoms with E-state index in [-0.39, 0.29) is 0 Å². The van der Waals surface area contributed by atoms with Gasteiger partial charge in [-0.2, -0.15) is 13.2 Å². The molecule has 0 radical (unpaired) electrons. The molecule has 0 aliphatic heterocycles. The fourth-order valence-corrected chi connectivity index (χ4v) is 4.23. The number of thiazole rings is 1. The predicted octanol–water partition coefficient (Wildman–Crippen LogP) is 6.47. The van der Waals surface area contributed by atoms with Crippen LogP contribution in [0, 0.1) is 0 Å². The lowest BCUT2D eigenvalue weighted by molar-refractivity contribution is -0.137. The van der Waals surface area contributed by atoms with Crippen molar-refractivity contribution in [2.45, 2.75) is 19.1 Å². The van der Waals surface area contributed by atoms with Crippen LogP contribution in [0.1, 0.15) is 17.5 Å². The third kappa shape index (κ3) is 5.98. The molecule has 0 amide bonds. The third-order valence-corrected chi connectivity index (χ3v) is 6.19. The first-order chi connectivity index (χ1) is 16.3. The highest BCUT2D eigenvalue weighted by atomic mass is 32.1. The van der Waals surface area contributed by atoms with Crippen molar-refractivity contribution in [1.29, 1.82) is 0 Å². The van der Waals surface area contributed by atoms with E-state index < -0.39 is 11.7 Å². The van der Waals surface area contributed by atoms with Crippen LogP contribution < -0.4 is 20.1 Å². The number of aromatic nitrogens is 1. The molecular formula is C25H24F3N3O2S. The maximum atomic E-state index is 12.7. The minimum atomic E-state index is -4.37. The number of hydrogen-bond acceptors (Lipinski definition) is 6. The van der Waals surface area contributed by atoms with Gasteiger partial charge in [0.05, 0.1) is 22.4 Å². The van der Waals surface area contributed by atoms with Crippen LogP contribution in [0.15, 0.2) is 66.7 Å². The minimum Gasteiger partial charge on any atom is -0.494 e. The van der Waals surface area contributed by atoms with E-state index in [0.29, 0.717) is 31.2 Å². The summed E-state index contributed by atoms with van der Waals surface area (Å²) in [6, 6.07) is 18.0. The Bertz CT molecular complexity index is 1230. The average Bonchev–Trinajstić information content (AvgIpc) is 3.24. The highest BCUT2D eigenvalue weighted by Gasteiger charge is 2.30. The van der Waals surface area contributed by atoms with Crippen LogP contribution in [0.3, 0.4) is 0 Å². The summed E-state index contributed by atoms with van der Waals surface area (Å²) in [6.07, 6.45) is -3.55. The molecule has 34 heavy (non-hydrogen) atoms. The van der Waals surface area contributed by atoms with Crippen LogP contribution >= 0.6 is 11.3 Å². The van der Waals surface area contributed by atoms with E-state index >= 15 is 0 Å². The molecule has 0 saturated carbocycles. The zero-order valence-electron chi connectivity index (χ0n) is 18.5. The molecule has 0 bridgehead atoms. The number of alkyl halides is 3. The maximum Gasteiger partial charge on any atom is 0.416 e. The normalized spacial score (nSPS) is 11.6. The van der Waals surface area contributed by atoms with E-state index in [1.807, 2.05) is 43.4 Å². The second kappa shape index (κ2) is 10.3. The SMILES string of the molecule is CN(Cc1ccc(OCCCN)cc1)c1nc2ccc(Oc3ccc(C(F)(F)F)cc3)cc2s1. The topological polar surface area (TPSA) is 60.6 Å². The lowest BCUT2D eigenvalue weighted by Gasteiger charge is -2.16. The molecule has 0 spiro atoms. The van der Waals surface area contributed by atoms with Gasteiger partial charge in [-0.3, -0.25) is 0 Å². The Morgan fingerprint density at radius 3 is 2.29 bits per heavy atom. The molecule has 1 aromatic heterocycles. The fourth-order valence-electron chi connectivity index (χ4n) is 3.27. The van der Waals surface area contributed by atoms with Crippen LogP contribution in [-0.2, 0) is 12.7 Å². The summed E-state index contributed by atoms with van der Waals surface area (Å²) in [5, 5.41) is 0.852. The number of anilines is 1. The molecule has 0 fully saturated rings. The lowest BCUT2D eigenvalue weighted by Crippen LogP contribution is -2.15. The second-order valence-corrected chi connectivity index (χ2v) is 8.75. The molecule has 5 nitrogen and oxygen atoms in total. The standard InChI is InChI=1S/C25H24F3N3O2S/c1-31(16-17-3-7-19(8-4-17)32-14-2-13-29)24-30-22-12-11-21(15-23(22)34-24)33-20-9-5-18(6-10-20)25(26,27)28/h3-12,15H,2,13-14,16,29H2,1H3. The first-order valence-corrected chi connectivity index (χ1v) is 11.5. The number of halogens is 3. The van der Waals surface area contributed by atoms with Gasteiger partial charge in [0.15, 0.2) is 5.13 Å². The van der Waals surface area contributed by atoms with Crippen molar-refractivity contribution in [1.82, 2.24) is 4.98 Å². The summed E-state index contributed by atoms with van der Waals surface area (Å²) in [5.41, 5.74) is 6.73. The van der Waals surface area contributed by atoms with E-state index in [9.17, 15) is 13.2 Å². The number of nitrogens with two attached hydrogens (primary N) is 1. The Balaban J connectivity index is 1.41. The Morgan fingerprint density at radius 2 is 1.62 bits per heavy atom. The molecule has 178 valence electrons. The fraction of sp³-hybridized carbons (Fsp3) is 0.240. The van der Waals surface area contributed by atoms with Gasteiger partial charge < -0.3 is 20.1 Å². The van der Waals surface area contributed by atoms with Crippen molar-refractivity contribution in [3.8, 4) is 17.2 Å². The van der Waals surface area contributed by atoms with Crippen LogP contribution in [0.4, 0.5) is 18.3 Å². The first kappa shape index (κ1) is 23.8. The number of nitrogens with zero attached hydrogens (tertiary/aromatic N) is 2. The van der Waals surface area contributed by atoms with E-state index in [1.165, 1.54) is 23.5 Å². The van der Waals surface area contributed by atoms with Crippen molar-refractivity contribution >= 4 is 26.7 Å². The van der Waals surface area contributed by atoms with Gasteiger partial charge >= 0.3 is 6.18 Å². The van der Waals surface area contributed by atoms with E-state index in [0.717, 1.165) is 45.2 Å². The Kier molecular flexibility index (Phi) is 7.23. The van der Waals surface area contributed by atoms with Gasteiger partial charge in [-0.25, -0.2) is 4.98 Å². The minimum absolute atomic E-state index is 0.338. The molecule has 4 rings (SSSR count). The van der Waals surface area contributed by atoms with Gasteiger partial charge in [0.1, 0.15) is 17.2 Å². The highest BCUT2D eigenvalue weighted by Crippen LogP contribution is 2.34. The Morgan fingerprint density at radius 1 is 0.941 bits per heavy atom. The summed E-state index contributed by atoms with van der Waals surface area (Å²) in [4.78, 5) is 6.75. The van der Waals surface area contributed by atoms with Crippen LogP contribution in [0.2, 0.25) is 0 Å². The zero-order chi connectivity index (χ0) is 24.1. The van der Waals surface area contributed by atoms with Crippen molar-refractivity contribution < 1.29 is 22.6 Å². The van der Waals surface area contributed by atoms with Gasteiger partial charge in [0.25, 0.3) is 0 Å². The molecule has 0 saturated heterocycles. The van der Waals surface area contributed by atoms with E-state index in [2.05, 4.69) is 4.90 Å². The van der Waals surface area contributed by atoms with E-state index in [4.69, 9.17) is 20.2 Å². The first-order valence-electron chi connectivity index (χ1n) is 10.7. The highest BCUT2D eigenvalue weighted by molar-refractivity contribution is 7.22. The lowest BCUT2D eigenvalue weighted by atomic mass is 10.2. The molecule has 0 unspecified atom stereocenters. The van der Waals surface area contributed by atoms with Gasteiger partial charge in [-0.15, -0.1) is 0 Å². The van der Waals surface area contributed by atoms with Crippen molar-refractivity contribution in [3.63, 3.8) is 0 Å². The number of ether oxygens (including phenoxy) is 2. The Hall–Kier alpha value is -3.30. The monoisotopic (exact) mass is 487 g/mol.